The summed E-state index contributed by atoms with van der Waals surface area (Å²) in [6, 6.07) is 8.03. The standard InChI is InChI=1S/C15H24N4O3/c1-12(14(20)17-9-8-16-10-11-22-2)18-15(21)19-13-6-4-3-5-7-13/h3-7,12,16H,8-11H2,1-2H3,(H,17,20)(H2,18,19,21). The SMILES string of the molecule is COCCNCCNC(=O)C(C)NC(=O)Nc1ccccc1. The summed E-state index contributed by atoms with van der Waals surface area (Å²) >= 11 is 0. The molecule has 22 heavy (non-hydrogen) atoms. The number of anilines is 1. The molecule has 0 radical (unpaired) electrons. The lowest BCUT2D eigenvalue weighted by Crippen LogP contribution is -2.47. The molecule has 0 fully saturated rings. The fraction of sp³-hybridized carbons (Fsp3) is 0.467. The van der Waals surface area contributed by atoms with Crippen LogP contribution in [0.3, 0.4) is 0 Å². The van der Waals surface area contributed by atoms with Crippen LogP contribution in [0.4, 0.5) is 10.5 Å². The fourth-order valence-electron chi connectivity index (χ4n) is 1.68. The number of carbonyl (C=O) groups is 2. The first kappa shape index (κ1) is 17.9. The summed E-state index contributed by atoms with van der Waals surface area (Å²) in [5, 5.41) is 11.1. The fourth-order valence-corrected chi connectivity index (χ4v) is 1.68. The van der Waals surface area contributed by atoms with Gasteiger partial charge in [-0.05, 0) is 19.1 Å². The summed E-state index contributed by atoms with van der Waals surface area (Å²) in [6.45, 7) is 4.15. The van der Waals surface area contributed by atoms with Crippen LogP contribution in [0.5, 0.6) is 0 Å². The molecule has 4 N–H and O–H groups in total. The largest absolute Gasteiger partial charge is 0.383 e. The van der Waals surface area contributed by atoms with E-state index in [2.05, 4.69) is 21.3 Å². The molecule has 1 rings (SSSR count). The molecule has 7 nitrogen and oxygen atoms in total. The highest BCUT2D eigenvalue weighted by molar-refractivity contribution is 5.93. The summed E-state index contributed by atoms with van der Waals surface area (Å²) in [5.74, 6) is -0.225. The Morgan fingerprint density at radius 3 is 2.55 bits per heavy atom. The third kappa shape index (κ3) is 7.61. The highest BCUT2D eigenvalue weighted by atomic mass is 16.5. The summed E-state index contributed by atoms with van der Waals surface area (Å²) in [5.41, 5.74) is 0.676. The lowest BCUT2D eigenvalue weighted by molar-refractivity contribution is -0.122. The Balaban J connectivity index is 2.19. The van der Waals surface area contributed by atoms with Gasteiger partial charge in [-0.2, -0.15) is 0 Å². The predicted molar refractivity (Wildman–Crippen MR) is 85.8 cm³/mol. The van der Waals surface area contributed by atoms with Gasteiger partial charge in [-0.3, -0.25) is 4.79 Å². The van der Waals surface area contributed by atoms with Gasteiger partial charge < -0.3 is 26.0 Å². The lowest BCUT2D eigenvalue weighted by atomic mass is 10.3. The van der Waals surface area contributed by atoms with Gasteiger partial charge in [0.05, 0.1) is 6.61 Å². The summed E-state index contributed by atoms with van der Waals surface area (Å²) in [7, 11) is 1.64. The van der Waals surface area contributed by atoms with Crippen LogP contribution in [0.25, 0.3) is 0 Å². The van der Waals surface area contributed by atoms with E-state index in [4.69, 9.17) is 4.74 Å². The normalized spacial score (nSPS) is 11.5. The van der Waals surface area contributed by atoms with Crippen LogP contribution in [-0.4, -0.2) is 51.3 Å². The summed E-state index contributed by atoms with van der Waals surface area (Å²) < 4.78 is 4.90. The van der Waals surface area contributed by atoms with Crippen LogP contribution >= 0.6 is 0 Å². The quantitative estimate of drug-likeness (QED) is 0.501. The molecular weight excluding hydrogens is 284 g/mol. The molecule has 0 aliphatic carbocycles. The van der Waals surface area contributed by atoms with Crippen LogP contribution < -0.4 is 21.3 Å². The minimum absolute atomic E-state index is 0.225. The lowest BCUT2D eigenvalue weighted by Gasteiger charge is -2.15. The first-order valence-electron chi connectivity index (χ1n) is 7.23. The third-order valence-electron chi connectivity index (χ3n) is 2.86. The molecule has 3 amide bonds. The molecule has 0 heterocycles. The molecular formula is C15H24N4O3. The second-order valence-electron chi connectivity index (χ2n) is 4.72. The molecule has 0 aliphatic heterocycles. The molecule has 0 spiro atoms. The molecule has 0 bridgehead atoms. The van der Waals surface area contributed by atoms with Crippen molar-refractivity contribution in [3.05, 3.63) is 30.3 Å². The highest BCUT2D eigenvalue weighted by Crippen LogP contribution is 2.04. The van der Waals surface area contributed by atoms with Gasteiger partial charge in [-0.1, -0.05) is 18.2 Å². The van der Waals surface area contributed by atoms with E-state index in [0.29, 0.717) is 25.4 Å². The molecule has 1 aromatic rings. The zero-order valence-electron chi connectivity index (χ0n) is 13.0. The molecule has 0 saturated carbocycles. The van der Waals surface area contributed by atoms with Crippen molar-refractivity contribution in [2.45, 2.75) is 13.0 Å². The van der Waals surface area contributed by atoms with Crippen LogP contribution in [0.2, 0.25) is 0 Å². The van der Waals surface area contributed by atoms with Gasteiger partial charge in [0.25, 0.3) is 0 Å². The van der Waals surface area contributed by atoms with Crippen LogP contribution in [-0.2, 0) is 9.53 Å². The van der Waals surface area contributed by atoms with E-state index in [1.54, 1.807) is 26.2 Å². The van der Waals surface area contributed by atoms with Gasteiger partial charge in [0, 0.05) is 32.4 Å². The highest BCUT2D eigenvalue weighted by Gasteiger charge is 2.14. The Hall–Kier alpha value is -2.12. The van der Waals surface area contributed by atoms with Crippen molar-refractivity contribution in [3.63, 3.8) is 0 Å². The minimum Gasteiger partial charge on any atom is -0.383 e. The number of urea groups is 1. The number of para-hydroxylation sites is 1. The van der Waals surface area contributed by atoms with Crippen molar-refractivity contribution in [1.82, 2.24) is 16.0 Å². The van der Waals surface area contributed by atoms with E-state index in [0.717, 1.165) is 6.54 Å². The first-order valence-corrected chi connectivity index (χ1v) is 7.23. The predicted octanol–water partition coefficient (Wildman–Crippen LogP) is 0.549. The molecule has 1 aromatic carbocycles. The Morgan fingerprint density at radius 1 is 1.14 bits per heavy atom. The number of rotatable bonds is 9. The Kier molecular flexibility index (Phi) is 8.63. The maximum absolute atomic E-state index is 11.8. The number of hydrogen-bond acceptors (Lipinski definition) is 4. The average molecular weight is 308 g/mol. The molecule has 1 unspecified atom stereocenters. The number of ether oxygens (including phenoxy) is 1. The monoisotopic (exact) mass is 308 g/mol. The molecule has 122 valence electrons. The number of amides is 3. The molecule has 0 aliphatic rings. The van der Waals surface area contributed by atoms with Gasteiger partial charge in [0.2, 0.25) is 5.91 Å². The zero-order valence-corrected chi connectivity index (χ0v) is 13.0. The van der Waals surface area contributed by atoms with E-state index in [-0.39, 0.29) is 5.91 Å². The first-order chi connectivity index (χ1) is 10.6. The second kappa shape index (κ2) is 10.6. The van der Waals surface area contributed by atoms with Gasteiger partial charge in [0.1, 0.15) is 6.04 Å². The van der Waals surface area contributed by atoms with Crippen molar-refractivity contribution in [3.8, 4) is 0 Å². The molecule has 0 aromatic heterocycles. The van der Waals surface area contributed by atoms with Crippen molar-refractivity contribution in [1.29, 1.82) is 0 Å². The minimum atomic E-state index is -0.609. The van der Waals surface area contributed by atoms with Gasteiger partial charge in [0.15, 0.2) is 0 Å². The van der Waals surface area contributed by atoms with Gasteiger partial charge >= 0.3 is 6.03 Å². The molecule has 0 saturated heterocycles. The Morgan fingerprint density at radius 2 is 1.86 bits per heavy atom. The van der Waals surface area contributed by atoms with Crippen LogP contribution in [0.1, 0.15) is 6.92 Å². The van der Waals surface area contributed by atoms with Gasteiger partial charge in [-0.15, -0.1) is 0 Å². The van der Waals surface area contributed by atoms with E-state index in [1.165, 1.54) is 0 Å². The van der Waals surface area contributed by atoms with Crippen LogP contribution in [0, 0.1) is 0 Å². The van der Waals surface area contributed by atoms with Crippen molar-refractivity contribution < 1.29 is 14.3 Å². The third-order valence-corrected chi connectivity index (χ3v) is 2.86. The summed E-state index contributed by atoms with van der Waals surface area (Å²) in [6.07, 6.45) is 0. The average Bonchev–Trinajstić information content (AvgIpc) is 2.51. The zero-order chi connectivity index (χ0) is 16.2. The smallest absolute Gasteiger partial charge is 0.319 e. The number of nitrogens with one attached hydrogen (secondary N) is 4. The van der Waals surface area contributed by atoms with E-state index < -0.39 is 12.1 Å². The number of methoxy groups -OCH3 is 1. The number of benzene rings is 1. The van der Waals surface area contributed by atoms with E-state index in [1.807, 2.05) is 18.2 Å². The number of carbonyl (C=O) groups excluding carboxylic acids is 2. The van der Waals surface area contributed by atoms with Crippen molar-refractivity contribution in [2.75, 3.05) is 38.7 Å². The Labute approximate surface area is 130 Å². The van der Waals surface area contributed by atoms with Crippen molar-refractivity contribution in [2.24, 2.45) is 0 Å². The van der Waals surface area contributed by atoms with Gasteiger partial charge in [-0.25, -0.2) is 4.79 Å². The van der Waals surface area contributed by atoms with Crippen molar-refractivity contribution >= 4 is 17.6 Å². The van der Waals surface area contributed by atoms with E-state index in [9.17, 15) is 9.59 Å². The topological polar surface area (TPSA) is 91.5 Å². The summed E-state index contributed by atoms with van der Waals surface area (Å²) in [4.78, 5) is 23.6. The van der Waals surface area contributed by atoms with Crippen LogP contribution in [0.15, 0.2) is 30.3 Å². The number of hydrogen-bond donors (Lipinski definition) is 4. The second-order valence-corrected chi connectivity index (χ2v) is 4.72. The van der Waals surface area contributed by atoms with E-state index >= 15 is 0 Å². The Bertz CT molecular complexity index is 453. The molecule has 7 heteroatoms. The maximum atomic E-state index is 11.8. The molecule has 1 atom stereocenters. The maximum Gasteiger partial charge on any atom is 0.319 e.